The van der Waals surface area contributed by atoms with Crippen LogP contribution in [0.5, 0.6) is 5.75 Å². The molecule has 1 heterocycles. The van der Waals surface area contributed by atoms with Crippen molar-refractivity contribution in [2.45, 2.75) is 6.92 Å². The monoisotopic (exact) mass is 408 g/mol. The molecule has 8 nitrogen and oxygen atoms in total. The lowest BCUT2D eigenvalue weighted by Crippen LogP contribution is -2.36. The number of methoxy groups -OCH3 is 1. The third-order valence-electron chi connectivity index (χ3n) is 4.32. The van der Waals surface area contributed by atoms with Gasteiger partial charge in [-0.2, -0.15) is 0 Å². The van der Waals surface area contributed by atoms with E-state index in [1.165, 1.54) is 0 Å². The van der Waals surface area contributed by atoms with Crippen LogP contribution in [-0.2, 0) is 9.59 Å². The predicted molar refractivity (Wildman–Crippen MR) is 114 cm³/mol. The maximum atomic E-state index is 12.2. The van der Waals surface area contributed by atoms with E-state index in [1.807, 2.05) is 31.2 Å². The highest BCUT2D eigenvalue weighted by molar-refractivity contribution is 5.94. The van der Waals surface area contributed by atoms with Gasteiger partial charge in [-0.05, 0) is 38.2 Å². The normalized spacial score (nSPS) is 10.7. The fourth-order valence-electron chi connectivity index (χ4n) is 2.79. The highest BCUT2D eigenvalue weighted by Crippen LogP contribution is 2.22. The zero-order valence-electron chi connectivity index (χ0n) is 17.1. The zero-order valence-corrected chi connectivity index (χ0v) is 17.1. The van der Waals surface area contributed by atoms with Crippen molar-refractivity contribution in [3.05, 3.63) is 60.2 Å². The number of likely N-dealkylation sites (N-methyl/N-ethyl adjacent to an activating group) is 1. The molecule has 1 aromatic heterocycles. The Hall–Kier alpha value is -3.65. The van der Waals surface area contributed by atoms with Crippen LogP contribution in [0.15, 0.2) is 59.1 Å². The molecular weight excluding hydrogens is 384 g/mol. The van der Waals surface area contributed by atoms with E-state index in [0.717, 1.165) is 11.1 Å². The fraction of sp³-hybridized carbons (Fsp3) is 0.227. The molecule has 2 N–H and O–H groups in total. The number of benzene rings is 2. The summed E-state index contributed by atoms with van der Waals surface area (Å²) in [7, 11) is 3.26. The first-order chi connectivity index (χ1) is 14.4. The maximum Gasteiger partial charge on any atom is 0.240 e. The van der Waals surface area contributed by atoms with Crippen LogP contribution in [0.25, 0.3) is 11.3 Å². The number of amides is 2. The Kier molecular flexibility index (Phi) is 6.82. The number of rotatable bonds is 8. The summed E-state index contributed by atoms with van der Waals surface area (Å²) in [5.74, 6) is 0.435. The molecule has 0 radical (unpaired) electrons. The third-order valence-corrected chi connectivity index (χ3v) is 4.32. The van der Waals surface area contributed by atoms with Gasteiger partial charge in [-0.3, -0.25) is 19.8 Å². The Morgan fingerprint density at radius 2 is 1.63 bits per heavy atom. The van der Waals surface area contributed by atoms with Crippen LogP contribution in [0.1, 0.15) is 5.56 Å². The Bertz CT molecular complexity index is 997. The molecule has 0 aliphatic heterocycles. The molecule has 0 aliphatic carbocycles. The van der Waals surface area contributed by atoms with Crippen molar-refractivity contribution in [3.8, 4) is 17.0 Å². The van der Waals surface area contributed by atoms with Crippen LogP contribution >= 0.6 is 0 Å². The molecule has 156 valence electrons. The molecule has 0 aliphatic rings. The van der Waals surface area contributed by atoms with Gasteiger partial charge in [0.25, 0.3) is 0 Å². The van der Waals surface area contributed by atoms with Gasteiger partial charge in [0.15, 0.2) is 0 Å². The minimum Gasteiger partial charge on any atom is -0.497 e. The van der Waals surface area contributed by atoms with Crippen LogP contribution in [-0.4, -0.2) is 49.1 Å². The molecule has 2 aromatic carbocycles. The van der Waals surface area contributed by atoms with Crippen molar-refractivity contribution in [2.75, 3.05) is 37.9 Å². The number of carbonyl (C=O) groups excluding carboxylic acids is 2. The highest BCUT2D eigenvalue weighted by atomic mass is 16.5. The molecule has 0 saturated carbocycles. The van der Waals surface area contributed by atoms with E-state index in [-0.39, 0.29) is 30.8 Å². The Balaban J connectivity index is 1.47. The summed E-state index contributed by atoms with van der Waals surface area (Å²) in [6.07, 6.45) is 0. The van der Waals surface area contributed by atoms with E-state index in [0.29, 0.717) is 17.1 Å². The average molecular weight is 408 g/mol. The van der Waals surface area contributed by atoms with Gasteiger partial charge in [0.1, 0.15) is 11.4 Å². The van der Waals surface area contributed by atoms with Crippen LogP contribution < -0.4 is 15.4 Å². The summed E-state index contributed by atoms with van der Waals surface area (Å²) in [6, 6.07) is 16.5. The lowest BCUT2D eigenvalue weighted by atomic mass is 10.1. The van der Waals surface area contributed by atoms with Gasteiger partial charge in [0.05, 0.1) is 20.2 Å². The molecule has 2 amide bonds. The number of nitrogens with one attached hydrogen (secondary N) is 2. The lowest BCUT2D eigenvalue weighted by molar-refractivity contribution is -0.119. The first-order valence-electron chi connectivity index (χ1n) is 9.39. The minimum absolute atomic E-state index is 0.0244. The summed E-state index contributed by atoms with van der Waals surface area (Å²) < 4.78 is 10.3. The number of ether oxygens (including phenoxy) is 1. The quantitative estimate of drug-likeness (QED) is 0.594. The van der Waals surface area contributed by atoms with E-state index in [2.05, 4.69) is 15.8 Å². The van der Waals surface area contributed by atoms with E-state index in [1.54, 1.807) is 49.4 Å². The Labute approximate surface area is 174 Å². The average Bonchev–Trinajstić information content (AvgIpc) is 3.17. The molecule has 8 heteroatoms. The van der Waals surface area contributed by atoms with Crippen molar-refractivity contribution in [1.29, 1.82) is 0 Å². The molecule has 0 spiro atoms. The number of anilines is 2. The molecule has 0 bridgehead atoms. The number of aryl methyl sites for hydroxylation is 1. The van der Waals surface area contributed by atoms with E-state index in [4.69, 9.17) is 9.26 Å². The number of hydrogen-bond donors (Lipinski definition) is 2. The number of hydrogen-bond acceptors (Lipinski definition) is 6. The maximum absolute atomic E-state index is 12.2. The van der Waals surface area contributed by atoms with Gasteiger partial charge in [-0.1, -0.05) is 35.0 Å². The second-order valence-corrected chi connectivity index (χ2v) is 6.94. The molecule has 0 atom stereocenters. The second-order valence-electron chi connectivity index (χ2n) is 6.94. The molecular formula is C22H24N4O4. The standard InChI is InChI=1S/C22H24N4O4/c1-15-4-6-16(7-5-15)19-12-22(30-25-19)24-21(28)14-26(2)13-20(27)23-17-8-10-18(29-3)11-9-17/h4-12H,13-14H2,1-3H3,(H,23,27)(H,24,28). The number of carbonyl (C=O) groups is 2. The summed E-state index contributed by atoms with van der Waals surface area (Å²) in [6.45, 7) is 2.09. The van der Waals surface area contributed by atoms with Gasteiger partial charge < -0.3 is 14.6 Å². The summed E-state index contributed by atoms with van der Waals surface area (Å²) in [5.41, 5.74) is 3.34. The van der Waals surface area contributed by atoms with Crippen molar-refractivity contribution < 1.29 is 18.8 Å². The van der Waals surface area contributed by atoms with Crippen molar-refractivity contribution in [2.24, 2.45) is 0 Å². The zero-order chi connectivity index (χ0) is 21.5. The fourth-order valence-corrected chi connectivity index (χ4v) is 2.79. The summed E-state index contributed by atoms with van der Waals surface area (Å²) >= 11 is 0. The van der Waals surface area contributed by atoms with Crippen LogP contribution in [0.4, 0.5) is 11.6 Å². The lowest BCUT2D eigenvalue weighted by Gasteiger charge is -2.15. The van der Waals surface area contributed by atoms with Crippen molar-refractivity contribution in [1.82, 2.24) is 10.1 Å². The van der Waals surface area contributed by atoms with Crippen molar-refractivity contribution in [3.63, 3.8) is 0 Å². The molecule has 30 heavy (non-hydrogen) atoms. The van der Waals surface area contributed by atoms with Crippen molar-refractivity contribution >= 4 is 23.4 Å². The van der Waals surface area contributed by atoms with Crippen LogP contribution in [0, 0.1) is 6.92 Å². The number of aromatic nitrogens is 1. The Morgan fingerprint density at radius 1 is 1.00 bits per heavy atom. The summed E-state index contributed by atoms with van der Waals surface area (Å²) in [4.78, 5) is 26.0. The largest absolute Gasteiger partial charge is 0.497 e. The third kappa shape index (κ3) is 5.92. The topological polar surface area (TPSA) is 96.7 Å². The van der Waals surface area contributed by atoms with Gasteiger partial charge in [-0.15, -0.1) is 0 Å². The van der Waals surface area contributed by atoms with E-state index in [9.17, 15) is 9.59 Å². The highest BCUT2D eigenvalue weighted by Gasteiger charge is 2.14. The molecule has 0 fully saturated rings. The van der Waals surface area contributed by atoms with Crippen LogP contribution in [0.3, 0.4) is 0 Å². The van der Waals surface area contributed by atoms with Crippen LogP contribution in [0.2, 0.25) is 0 Å². The molecule has 0 unspecified atom stereocenters. The summed E-state index contributed by atoms with van der Waals surface area (Å²) in [5, 5.41) is 9.41. The van der Waals surface area contributed by atoms with E-state index >= 15 is 0 Å². The second kappa shape index (κ2) is 9.71. The first kappa shape index (κ1) is 21.1. The molecule has 3 aromatic rings. The number of nitrogens with zero attached hydrogens (tertiary/aromatic N) is 2. The smallest absolute Gasteiger partial charge is 0.240 e. The van der Waals surface area contributed by atoms with Gasteiger partial charge >= 0.3 is 0 Å². The minimum atomic E-state index is -0.304. The predicted octanol–water partition coefficient (Wildman–Crippen LogP) is 3.17. The molecule has 0 saturated heterocycles. The first-order valence-corrected chi connectivity index (χ1v) is 9.39. The Morgan fingerprint density at radius 3 is 2.27 bits per heavy atom. The molecule has 3 rings (SSSR count). The van der Waals surface area contributed by atoms with Gasteiger partial charge in [-0.25, -0.2) is 0 Å². The van der Waals surface area contributed by atoms with Gasteiger partial charge in [0, 0.05) is 17.3 Å². The SMILES string of the molecule is COc1ccc(NC(=O)CN(C)CC(=O)Nc2cc(-c3ccc(C)cc3)no2)cc1. The van der Waals surface area contributed by atoms with E-state index < -0.39 is 0 Å². The van der Waals surface area contributed by atoms with Gasteiger partial charge in [0.2, 0.25) is 17.7 Å².